The van der Waals surface area contributed by atoms with E-state index >= 15 is 0 Å². The van der Waals surface area contributed by atoms with E-state index in [4.69, 9.17) is 16.3 Å². The van der Waals surface area contributed by atoms with E-state index < -0.39 is 6.10 Å². The van der Waals surface area contributed by atoms with Crippen molar-refractivity contribution in [3.63, 3.8) is 0 Å². The molecule has 0 saturated heterocycles. The highest BCUT2D eigenvalue weighted by Gasteiger charge is 2.09. The fraction of sp³-hybridized carbons (Fsp3) is 0.350. The number of hydrogen-bond donors (Lipinski definition) is 3. The van der Waals surface area contributed by atoms with Gasteiger partial charge in [0.05, 0.1) is 12.7 Å². The minimum atomic E-state index is -0.786. The summed E-state index contributed by atoms with van der Waals surface area (Å²) in [7, 11) is 0. The van der Waals surface area contributed by atoms with Crippen molar-refractivity contribution >= 4 is 17.6 Å². The number of aliphatic hydroxyl groups is 1. The molecule has 0 spiro atoms. The highest BCUT2D eigenvalue weighted by atomic mass is 35.5. The lowest BCUT2D eigenvalue weighted by Crippen LogP contribution is -2.37. The van der Waals surface area contributed by atoms with Gasteiger partial charge in [-0.25, -0.2) is 4.79 Å². The Hall–Kier alpha value is -2.24. The van der Waals surface area contributed by atoms with Crippen LogP contribution in [0.2, 0.25) is 5.02 Å². The third-order valence-corrected chi connectivity index (χ3v) is 3.90. The molecule has 0 aliphatic heterocycles. The molecule has 0 aromatic heterocycles. The highest BCUT2D eigenvalue weighted by molar-refractivity contribution is 6.30. The van der Waals surface area contributed by atoms with Crippen LogP contribution in [-0.2, 0) is 6.54 Å². The Labute approximate surface area is 159 Å². The number of halogens is 1. The average Bonchev–Trinajstić information content (AvgIpc) is 2.63. The molecule has 2 aromatic rings. The minimum Gasteiger partial charge on any atom is -0.493 e. The van der Waals surface area contributed by atoms with Crippen molar-refractivity contribution in [1.29, 1.82) is 0 Å². The van der Waals surface area contributed by atoms with Crippen molar-refractivity contribution in [3.8, 4) is 5.75 Å². The van der Waals surface area contributed by atoms with Crippen LogP contribution < -0.4 is 15.4 Å². The molecule has 2 aromatic carbocycles. The molecule has 0 heterocycles. The molecule has 3 N–H and O–H groups in total. The third kappa shape index (κ3) is 6.94. The van der Waals surface area contributed by atoms with E-state index in [2.05, 4.69) is 24.5 Å². The summed E-state index contributed by atoms with van der Waals surface area (Å²) in [5, 5.41) is 16.1. The maximum Gasteiger partial charge on any atom is 0.315 e. The van der Waals surface area contributed by atoms with E-state index in [0.29, 0.717) is 29.7 Å². The Morgan fingerprint density at radius 2 is 1.88 bits per heavy atom. The molecule has 0 bridgehead atoms. The molecular weight excluding hydrogens is 352 g/mol. The molecule has 0 aliphatic rings. The molecule has 0 fully saturated rings. The van der Waals surface area contributed by atoms with Crippen LogP contribution >= 0.6 is 11.6 Å². The van der Waals surface area contributed by atoms with Crippen molar-refractivity contribution in [2.45, 2.75) is 26.5 Å². The first-order chi connectivity index (χ1) is 12.4. The zero-order valence-corrected chi connectivity index (χ0v) is 15.8. The maximum absolute atomic E-state index is 11.9. The van der Waals surface area contributed by atoms with Crippen LogP contribution in [-0.4, -0.2) is 24.3 Å². The minimum absolute atomic E-state index is 0.116. The van der Waals surface area contributed by atoms with Gasteiger partial charge in [-0.05, 0) is 41.3 Å². The van der Waals surface area contributed by atoms with Crippen molar-refractivity contribution in [2.75, 3.05) is 13.2 Å². The summed E-state index contributed by atoms with van der Waals surface area (Å²) in [6, 6.07) is 14.2. The summed E-state index contributed by atoms with van der Waals surface area (Å²) in [4.78, 5) is 11.9. The number of amides is 2. The number of carbonyl (C=O) groups excluding carboxylic acids is 1. The van der Waals surface area contributed by atoms with Gasteiger partial charge in [0, 0.05) is 18.1 Å². The van der Waals surface area contributed by atoms with Crippen LogP contribution in [0.3, 0.4) is 0 Å². The molecule has 1 unspecified atom stereocenters. The number of urea groups is 1. The van der Waals surface area contributed by atoms with Crippen LogP contribution in [0.1, 0.15) is 31.1 Å². The molecule has 6 heteroatoms. The van der Waals surface area contributed by atoms with Crippen molar-refractivity contribution < 1.29 is 14.6 Å². The van der Waals surface area contributed by atoms with Gasteiger partial charge in [0.25, 0.3) is 0 Å². The Morgan fingerprint density at radius 1 is 1.15 bits per heavy atom. The standard InChI is InChI=1S/C20H25ClN2O3/c1-14(2)13-26-18-5-3-4-15(10-18)11-22-20(25)23-12-19(24)16-6-8-17(21)9-7-16/h3-10,14,19,24H,11-13H2,1-2H3,(H2,22,23,25). The SMILES string of the molecule is CC(C)COc1cccc(CNC(=O)NCC(O)c2ccc(Cl)cc2)c1. The number of hydrogen-bond acceptors (Lipinski definition) is 3. The van der Waals surface area contributed by atoms with E-state index in [1.165, 1.54) is 0 Å². The van der Waals surface area contributed by atoms with Gasteiger partial charge in [-0.2, -0.15) is 0 Å². The molecule has 0 saturated carbocycles. The van der Waals surface area contributed by atoms with Gasteiger partial charge in [-0.15, -0.1) is 0 Å². The summed E-state index contributed by atoms with van der Waals surface area (Å²) >= 11 is 5.82. The van der Waals surface area contributed by atoms with E-state index in [0.717, 1.165) is 11.3 Å². The average molecular weight is 377 g/mol. The van der Waals surface area contributed by atoms with Crippen molar-refractivity contribution in [3.05, 3.63) is 64.7 Å². The van der Waals surface area contributed by atoms with Gasteiger partial charge in [0.15, 0.2) is 0 Å². The number of nitrogens with one attached hydrogen (secondary N) is 2. The normalized spacial score (nSPS) is 11.9. The molecule has 26 heavy (non-hydrogen) atoms. The molecule has 0 aliphatic carbocycles. The quantitative estimate of drug-likeness (QED) is 0.654. The van der Waals surface area contributed by atoms with Gasteiger partial charge >= 0.3 is 6.03 Å². The second-order valence-corrected chi connectivity index (χ2v) is 6.92. The first kappa shape index (κ1) is 20.1. The van der Waals surface area contributed by atoms with E-state index in [-0.39, 0.29) is 12.6 Å². The molecule has 1 atom stereocenters. The molecule has 2 amide bonds. The van der Waals surface area contributed by atoms with Gasteiger partial charge < -0.3 is 20.5 Å². The fourth-order valence-electron chi connectivity index (χ4n) is 2.25. The molecule has 5 nitrogen and oxygen atoms in total. The van der Waals surface area contributed by atoms with Crippen molar-refractivity contribution in [1.82, 2.24) is 10.6 Å². The fourth-order valence-corrected chi connectivity index (χ4v) is 2.37. The lowest BCUT2D eigenvalue weighted by Gasteiger charge is -2.13. The Morgan fingerprint density at radius 3 is 2.58 bits per heavy atom. The summed E-state index contributed by atoms with van der Waals surface area (Å²) in [6.07, 6.45) is -0.786. The van der Waals surface area contributed by atoms with E-state index in [1.807, 2.05) is 24.3 Å². The predicted octanol–water partition coefficient (Wildman–Crippen LogP) is 3.91. The van der Waals surface area contributed by atoms with Crippen LogP contribution in [0.5, 0.6) is 5.75 Å². The summed E-state index contributed by atoms with van der Waals surface area (Å²) in [6.45, 7) is 5.33. The lowest BCUT2D eigenvalue weighted by atomic mass is 10.1. The Kier molecular flexibility index (Phi) is 7.75. The smallest absolute Gasteiger partial charge is 0.315 e. The molecular formula is C20H25ClN2O3. The van der Waals surface area contributed by atoms with E-state index in [9.17, 15) is 9.90 Å². The lowest BCUT2D eigenvalue weighted by molar-refractivity contribution is 0.173. The summed E-state index contributed by atoms with van der Waals surface area (Å²) < 4.78 is 5.68. The second-order valence-electron chi connectivity index (χ2n) is 6.48. The van der Waals surface area contributed by atoms with Gasteiger partial charge in [-0.1, -0.05) is 49.7 Å². The largest absolute Gasteiger partial charge is 0.493 e. The topological polar surface area (TPSA) is 70.6 Å². The van der Waals surface area contributed by atoms with E-state index in [1.54, 1.807) is 24.3 Å². The van der Waals surface area contributed by atoms with Gasteiger partial charge in [-0.3, -0.25) is 0 Å². The maximum atomic E-state index is 11.9. The first-order valence-electron chi connectivity index (χ1n) is 8.61. The second kappa shape index (κ2) is 10.0. The van der Waals surface area contributed by atoms with Crippen LogP contribution in [0, 0.1) is 5.92 Å². The van der Waals surface area contributed by atoms with Crippen LogP contribution in [0.4, 0.5) is 4.79 Å². The third-order valence-electron chi connectivity index (χ3n) is 3.65. The first-order valence-corrected chi connectivity index (χ1v) is 8.99. The zero-order valence-electron chi connectivity index (χ0n) is 15.0. The summed E-state index contributed by atoms with van der Waals surface area (Å²) in [5.41, 5.74) is 1.64. The molecule has 0 radical (unpaired) electrons. The van der Waals surface area contributed by atoms with Crippen molar-refractivity contribution in [2.24, 2.45) is 5.92 Å². The summed E-state index contributed by atoms with van der Waals surface area (Å²) in [5.74, 6) is 1.24. The number of carbonyl (C=O) groups is 1. The van der Waals surface area contributed by atoms with Crippen LogP contribution in [0.25, 0.3) is 0 Å². The van der Waals surface area contributed by atoms with Gasteiger partial charge in [0.1, 0.15) is 5.75 Å². The molecule has 140 valence electrons. The van der Waals surface area contributed by atoms with Gasteiger partial charge in [0.2, 0.25) is 0 Å². The number of ether oxygens (including phenoxy) is 1. The Bertz CT molecular complexity index is 704. The number of benzene rings is 2. The predicted molar refractivity (Wildman–Crippen MR) is 103 cm³/mol. The van der Waals surface area contributed by atoms with Crippen LogP contribution in [0.15, 0.2) is 48.5 Å². The zero-order chi connectivity index (χ0) is 18.9. The monoisotopic (exact) mass is 376 g/mol. The number of rotatable bonds is 8. The Balaban J connectivity index is 1.76. The number of aliphatic hydroxyl groups excluding tert-OH is 1. The molecule has 2 rings (SSSR count). The highest BCUT2D eigenvalue weighted by Crippen LogP contribution is 2.16.